The quantitative estimate of drug-likeness (QED) is 0.842. The molecule has 2 N–H and O–H groups in total. The minimum Gasteiger partial charge on any atom is -0.325 e. The smallest absolute Gasteiger partial charge is 0.241 e. The molecule has 1 aliphatic heterocycles. The second-order valence-corrected chi connectivity index (χ2v) is 5.42. The number of hydrogen-bond donors (Lipinski definition) is 2. The first kappa shape index (κ1) is 13.1. The van der Waals surface area contributed by atoms with Gasteiger partial charge in [-0.25, -0.2) is 0 Å². The van der Waals surface area contributed by atoms with Crippen LogP contribution in [0.3, 0.4) is 0 Å². The number of hydrogen-bond acceptors (Lipinski definition) is 2. The monoisotopic (exact) mass is 246 g/mol. The molecule has 1 aromatic rings. The molecule has 0 saturated carbocycles. The molecule has 1 aliphatic rings. The zero-order chi connectivity index (χ0) is 13.1. The van der Waals surface area contributed by atoms with E-state index in [2.05, 4.69) is 23.6 Å². The van der Waals surface area contributed by atoms with E-state index in [9.17, 15) is 4.79 Å². The van der Waals surface area contributed by atoms with Crippen LogP contribution >= 0.6 is 0 Å². The van der Waals surface area contributed by atoms with Crippen molar-refractivity contribution in [3.63, 3.8) is 0 Å². The molecular formula is C15H22N2O. The highest BCUT2D eigenvalue weighted by atomic mass is 16.2. The van der Waals surface area contributed by atoms with Crippen molar-refractivity contribution >= 4 is 11.6 Å². The van der Waals surface area contributed by atoms with Gasteiger partial charge in [0.1, 0.15) is 0 Å². The molecule has 2 unspecified atom stereocenters. The van der Waals surface area contributed by atoms with Gasteiger partial charge < -0.3 is 10.6 Å². The summed E-state index contributed by atoms with van der Waals surface area (Å²) in [6.45, 7) is 6.23. The Kier molecular flexibility index (Phi) is 4.02. The molecule has 1 heterocycles. The number of piperidine rings is 1. The van der Waals surface area contributed by atoms with Gasteiger partial charge in [-0.2, -0.15) is 0 Å². The lowest BCUT2D eigenvalue weighted by Crippen LogP contribution is -2.47. The van der Waals surface area contributed by atoms with Crippen molar-refractivity contribution in [3.8, 4) is 0 Å². The number of carbonyl (C=O) groups is 1. The van der Waals surface area contributed by atoms with E-state index in [1.165, 1.54) is 11.1 Å². The minimum absolute atomic E-state index is 0.0467. The molecule has 2 rings (SSSR count). The minimum atomic E-state index is -0.0467. The normalized spacial score (nSPS) is 23.7. The van der Waals surface area contributed by atoms with Gasteiger partial charge in [-0.15, -0.1) is 0 Å². The Bertz CT molecular complexity index is 422. The van der Waals surface area contributed by atoms with Crippen LogP contribution in [0.1, 0.15) is 37.3 Å². The van der Waals surface area contributed by atoms with E-state index in [4.69, 9.17) is 0 Å². The topological polar surface area (TPSA) is 41.1 Å². The zero-order valence-electron chi connectivity index (χ0n) is 11.4. The molecule has 3 heteroatoms. The second-order valence-electron chi connectivity index (χ2n) is 5.42. The van der Waals surface area contributed by atoms with Crippen molar-refractivity contribution < 1.29 is 4.79 Å². The zero-order valence-corrected chi connectivity index (χ0v) is 11.4. The van der Waals surface area contributed by atoms with Crippen molar-refractivity contribution in [1.29, 1.82) is 0 Å². The number of nitrogens with one attached hydrogen (secondary N) is 2. The van der Waals surface area contributed by atoms with Crippen LogP contribution in [0.15, 0.2) is 18.2 Å². The highest BCUT2D eigenvalue weighted by Crippen LogP contribution is 2.17. The summed E-state index contributed by atoms with van der Waals surface area (Å²) in [5.41, 5.74) is 3.25. The van der Waals surface area contributed by atoms with Crippen LogP contribution in [0.4, 0.5) is 5.69 Å². The number of aryl methyl sites for hydroxylation is 2. The molecule has 0 aliphatic carbocycles. The number of amides is 1. The first-order valence-corrected chi connectivity index (χ1v) is 6.70. The molecule has 0 aromatic heterocycles. The van der Waals surface area contributed by atoms with Crippen LogP contribution in [0.5, 0.6) is 0 Å². The van der Waals surface area contributed by atoms with E-state index in [1.807, 2.05) is 26.0 Å². The second kappa shape index (κ2) is 5.53. The van der Waals surface area contributed by atoms with Gasteiger partial charge in [-0.1, -0.05) is 6.07 Å². The SMILES string of the molecule is Cc1cc(C)cc(NC(=O)C2CCCC(C)N2)c1. The molecule has 98 valence electrons. The molecule has 18 heavy (non-hydrogen) atoms. The summed E-state index contributed by atoms with van der Waals surface area (Å²) in [5, 5.41) is 6.37. The van der Waals surface area contributed by atoms with Crippen molar-refractivity contribution in [2.45, 2.75) is 52.1 Å². The average molecular weight is 246 g/mol. The molecule has 0 spiro atoms. The van der Waals surface area contributed by atoms with Crippen LogP contribution in [0.2, 0.25) is 0 Å². The fraction of sp³-hybridized carbons (Fsp3) is 0.533. The van der Waals surface area contributed by atoms with E-state index in [0.717, 1.165) is 24.9 Å². The summed E-state index contributed by atoms with van der Waals surface area (Å²) in [6.07, 6.45) is 3.22. The molecule has 1 aromatic carbocycles. The Morgan fingerprint density at radius 2 is 1.89 bits per heavy atom. The van der Waals surface area contributed by atoms with Crippen LogP contribution in [-0.2, 0) is 4.79 Å². The van der Waals surface area contributed by atoms with Crippen LogP contribution in [0, 0.1) is 13.8 Å². The first-order valence-electron chi connectivity index (χ1n) is 6.70. The molecular weight excluding hydrogens is 224 g/mol. The molecule has 1 fully saturated rings. The lowest BCUT2D eigenvalue weighted by Gasteiger charge is -2.27. The summed E-state index contributed by atoms with van der Waals surface area (Å²) in [7, 11) is 0. The highest BCUT2D eigenvalue weighted by molar-refractivity contribution is 5.95. The van der Waals surface area contributed by atoms with Gasteiger partial charge in [0.2, 0.25) is 5.91 Å². The molecule has 1 amide bonds. The Balaban J connectivity index is 2.02. The molecule has 0 radical (unpaired) electrons. The third-order valence-corrected chi connectivity index (χ3v) is 3.42. The van der Waals surface area contributed by atoms with E-state index in [1.54, 1.807) is 0 Å². The summed E-state index contributed by atoms with van der Waals surface area (Å²) in [5.74, 6) is 0.0894. The molecule has 0 bridgehead atoms. The van der Waals surface area contributed by atoms with E-state index >= 15 is 0 Å². The fourth-order valence-electron chi connectivity index (χ4n) is 2.62. The number of anilines is 1. The number of benzene rings is 1. The predicted molar refractivity (Wildman–Crippen MR) is 74.8 cm³/mol. The van der Waals surface area contributed by atoms with E-state index in [-0.39, 0.29) is 11.9 Å². The summed E-state index contributed by atoms with van der Waals surface area (Å²) < 4.78 is 0. The van der Waals surface area contributed by atoms with Gasteiger partial charge in [0.25, 0.3) is 0 Å². The Morgan fingerprint density at radius 1 is 1.22 bits per heavy atom. The Hall–Kier alpha value is -1.35. The van der Waals surface area contributed by atoms with Crippen molar-refractivity contribution in [3.05, 3.63) is 29.3 Å². The molecule has 2 atom stereocenters. The van der Waals surface area contributed by atoms with Crippen LogP contribution < -0.4 is 10.6 Å². The maximum Gasteiger partial charge on any atom is 0.241 e. The van der Waals surface area contributed by atoms with Crippen molar-refractivity contribution in [1.82, 2.24) is 5.32 Å². The van der Waals surface area contributed by atoms with Crippen molar-refractivity contribution in [2.75, 3.05) is 5.32 Å². The van der Waals surface area contributed by atoms with Gasteiger partial charge >= 0.3 is 0 Å². The standard InChI is InChI=1S/C15H22N2O/c1-10-7-11(2)9-13(8-10)17-15(18)14-6-4-5-12(3)16-14/h7-9,12,14,16H,4-6H2,1-3H3,(H,17,18). The average Bonchev–Trinajstić information content (AvgIpc) is 2.27. The van der Waals surface area contributed by atoms with E-state index in [0.29, 0.717) is 6.04 Å². The first-order chi connectivity index (χ1) is 8.54. The maximum atomic E-state index is 12.2. The Labute approximate surface area is 109 Å². The van der Waals surface area contributed by atoms with Gasteiger partial charge in [0.15, 0.2) is 0 Å². The van der Waals surface area contributed by atoms with Gasteiger partial charge in [-0.05, 0) is 63.3 Å². The number of rotatable bonds is 2. The largest absolute Gasteiger partial charge is 0.325 e. The number of carbonyl (C=O) groups excluding carboxylic acids is 1. The van der Waals surface area contributed by atoms with E-state index < -0.39 is 0 Å². The fourth-order valence-corrected chi connectivity index (χ4v) is 2.62. The molecule has 1 saturated heterocycles. The van der Waals surface area contributed by atoms with Gasteiger partial charge in [-0.3, -0.25) is 4.79 Å². The predicted octanol–water partition coefficient (Wildman–Crippen LogP) is 2.77. The lowest BCUT2D eigenvalue weighted by molar-refractivity contribution is -0.118. The molecule has 3 nitrogen and oxygen atoms in total. The van der Waals surface area contributed by atoms with Crippen LogP contribution in [-0.4, -0.2) is 18.0 Å². The van der Waals surface area contributed by atoms with Gasteiger partial charge in [0.05, 0.1) is 6.04 Å². The lowest BCUT2D eigenvalue weighted by atomic mass is 9.99. The summed E-state index contributed by atoms with van der Waals surface area (Å²) in [6, 6.07) is 6.52. The van der Waals surface area contributed by atoms with Gasteiger partial charge in [0, 0.05) is 11.7 Å². The third kappa shape index (κ3) is 3.33. The summed E-state index contributed by atoms with van der Waals surface area (Å²) >= 11 is 0. The van der Waals surface area contributed by atoms with Crippen LogP contribution in [0.25, 0.3) is 0 Å². The van der Waals surface area contributed by atoms with Crippen molar-refractivity contribution in [2.24, 2.45) is 0 Å². The maximum absolute atomic E-state index is 12.2. The summed E-state index contributed by atoms with van der Waals surface area (Å²) in [4.78, 5) is 12.2. The Morgan fingerprint density at radius 3 is 2.50 bits per heavy atom. The third-order valence-electron chi connectivity index (χ3n) is 3.42. The highest BCUT2D eigenvalue weighted by Gasteiger charge is 2.24.